The van der Waals surface area contributed by atoms with Crippen LogP contribution in [0, 0.1) is 5.92 Å². The maximum absolute atomic E-state index is 12.8. The van der Waals surface area contributed by atoms with E-state index in [1.165, 1.54) is 29.5 Å². The number of carbonyl (C=O) groups excluding carboxylic acids is 1. The summed E-state index contributed by atoms with van der Waals surface area (Å²) >= 11 is 0. The zero-order chi connectivity index (χ0) is 18.2. The van der Waals surface area contributed by atoms with E-state index in [-0.39, 0.29) is 5.91 Å². The van der Waals surface area contributed by atoms with Crippen LogP contribution < -0.4 is 5.32 Å². The van der Waals surface area contributed by atoms with Gasteiger partial charge >= 0.3 is 0 Å². The third-order valence-corrected chi connectivity index (χ3v) is 5.59. The van der Waals surface area contributed by atoms with E-state index in [0.717, 1.165) is 36.4 Å². The zero-order valence-electron chi connectivity index (χ0n) is 15.3. The maximum atomic E-state index is 12.8. The van der Waals surface area contributed by atoms with Crippen molar-refractivity contribution in [2.75, 3.05) is 13.2 Å². The second-order valence-corrected chi connectivity index (χ2v) is 7.57. The molecule has 0 bridgehead atoms. The third-order valence-electron chi connectivity index (χ3n) is 5.59. The summed E-state index contributed by atoms with van der Waals surface area (Å²) in [5, 5.41) is 8.92. The first kappa shape index (κ1) is 16.6. The van der Waals surface area contributed by atoms with Crippen molar-refractivity contribution in [3.63, 3.8) is 0 Å². The Balaban J connectivity index is 1.28. The number of aromatic nitrogens is 3. The van der Waals surface area contributed by atoms with Gasteiger partial charge in [0.1, 0.15) is 0 Å². The number of H-pyrrole nitrogens is 1. The molecule has 2 aliphatic rings. The molecule has 3 heterocycles. The molecule has 0 atom stereocenters. The van der Waals surface area contributed by atoms with E-state index >= 15 is 0 Å². The van der Waals surface area contributed by atoms with E-state index in [1.807, 2.05) is 18.3 Å². The van der Waals surface area contributed by atoms with Crippen molar-refractivity contribution in [3.05, 3.63) is 53.0 Å². The zero-order valence-corrected chi connectivity index (χ0v) is 15.3. The van der Waals surface area contributed by atoms with Crippen LogP contribution in [0.1, 0.15) is 40.2 Å². The number of rotatable bonds is 6. The van der Waals surface area contributed by atoms with Crippen molar-refractivity contribution in [1.29, 1.82) is 0 Å². The highest BCUT2D eigenvalue weighted by Gasteiger charge is 2.29. The van der Waals surface area contributed by atoms with Gasteiger partial charge in [0.15, 0.2) is 5.69 Å². The van der Waals surface area contributed by atoms with Crippen LogP contribution in [0.4, 0.5) is 0 Å². The fourth-order valence-electron chi connectivity index (χ4n) is 3.92. The number of para-hydroxylation sites is 1. The summed E-state index contributed by atoms with van der Waals surface area (Å²) in [6.07, 6.45) is 6.21. The summed E-state index contributed by atoms with van der Waals surface area (Å²) < 4.78 is 7.65. The smallest absolute Gasteiger partial charge is 0.272 e. The molecule has 0 saturated heterocycles. The molecular formula is C21H24N4O2. The molecule has 6 nitrogen and oxygen atoms in total. The Morgan fingerprint density at radius 1 is 1.33 bits per heavy atom. The van der Waals surface area contributed by atoms with Gasteiger partial charge in [0.05, 0.1) is 13.2 Å². The summed E-state index contributed by atoms with van der Waals surface area (Å²) in [7, 11) is 0. The van der Waals surface area contributed by atoms with Gasteiger partial charge in [-0.3, -0.25) is 9.48 Å². The van der Waals surface area contributed by atoms with Crippen LogP contribution in [-0.2, 0) is 30.7 Å². The first-order chi connectivity index (χ1) is 13.3. The molecule has 1 amide bonds. The van der Waals surface area contributed by atoms with E-state index in [1.54, 1.807) is 0 Å². The molecule has 2 N–H and O–H groups in total. The number of nitrogens with zero attached hydrogens (tertiary/aromatic N) is 2. The maximum Gasteiger partial charge on any atom is 0.272 e. The second kappa shape index (κ2) is 6.85. The van der Waals surface area contributed by atoms with Crippen LogP contribution in [0.3, 0.4) is 0 Å². The number of amides is 1. The average molecular weight is 364 g/mol. The SMILES string of the molecule is O=C(NCCc1c[nH]c2ccccc12)c1nn(CC2CC2)c2c1COCC2. The van der Waals surface area contributed by atoms with Crippen LogP contribution in [0.2, 0.25) is 0 Å². The Morgan fingerprint density at radius 3 is 3.11 bits per heavy atom. The van der Waals surface area contributed by atoms with E-state index < -0.39 is 0 Å². The first-order valence-electron chi connectivity index (χ1n) is 9.79. The van der Waals surface area contributed by atoms with E-state index in [9.17, 15) is 4.79 Å². The summed E-state index contributed by atoms with van der Waals surface area (Å²) in [6.45, 7) is 2.73. The Morgan fingerprint density at radius 2 is 2.22 bits per heavy atom. The van der Waals surface area contributed by atoms with Gasteiger partial charge in [0, 0.05) is 47.9 Å². The van der Waals surface area contributed by atoms with Crippen LogP contribution in [0.5, 0.6) is 0 Å². The van der Waals surface area contributed by atoms with Gasteiger partial charge in [0.25, 0.3) is 5.91 Å². The Hall–Kier alpha value is -2.60. The molecule has 1 aliphatic carbocycles. The Bertz CT molecular complexity index is 983. The highest BCUT2D eigenvalue weighted by Crippen LogP contribution is 2.32. The summed E-state index contributed by atoms with van der Waals surface area (Å²) in [6, 6.07) is 8.23. The fraction of sp³-hybridized carbons (Fsp3) is 0.429. The molecule has 1 fully saturated rings. The van der Waals surface area contributed by atoms with Crippen LogP contribution >= 0.6 is 0 Å². The van der Waals surface area contributed by atoms with Gasteiger partial charge in [-0.1, -0.05) is 18.2 Å². The first-order valence-corrected chi connectivity index (χ1v) is 9.79. The normalized spacial score (nSPS) is 16.4. The predicted molar refractivity (Wildman–Crippen MR) is 103 cm³/mol. The number of fused-ring (bicyclic) bond motifs is 2. The molecule has 0 unspecified atom stereocenters. The van der Waals surface area contributed by atoms with Crippen molar-refractivity contribution in [1.82, 2.24) is 20.1 Å². The molecule has 1 aliphatic heterocycles. The van der Waals surface area contributed by atoms with Gasteiger partial charge < -0.3 is 15.0 Å². The molecule has 2 aromatic heterocycles. The third kappa shape index (κ3) is 3.25. The number of aromatic amines is 1. The monoisotopic (exact) mass is 364 g/mol. The number of hydrogen-bond acceptors (Lipinski definition) is 3. The number of ether oxygens (including phenoxy) is 1. The van der Waals surface area contributed by atoms with E-state index in [0.29, 0.717) is 25.5 Å². The molecular weight excluding hydrogens is 340 g/mol. The molecule has 27 heavy (non-hydrogen) atoms. The lowest BCUT2D eigenvalue weighted by Gasteiger charge is -2.14. The molecule has 140 valence electrons. The van der Waals surface area contributed by atoms with Gasteiger partial charge in [0.2, 0.25) is 0 Å². The standard InChI is InChI=1S/C21H24N4O2/c26-21(22-9-7-15-11-23-18-4-2-1-3-16(15)18)20-17-13-27-10-8-19(17)25(24-20)12-14-5-6-14/h1-4,11,14,23H,5-10,12-13H2,(H,22,26). The minimum atomic E-state index is -0.0915. The Labute approximate surface area is 157 Å². The highest BCUT2D eigenvalue weighted by molar-refractivity contribution is 5.94. The molecule has 5 rings (SSSR count). The van der Waals surface area contributed by atoms with E-state index in [4.69, 9.17) is 4.74 Å². The number of carbonyl (C=O) groups is 1. The summed E-state index contributed by atoms with van der Waals surface area (Å²) in [5.74, 6) is 0.640. The molecule has 3 aromatic rings. The minimum Gasteiger partial charge on any atom is -0.376 e. The molecule has 0 spiro atoms. The summed E-state index contributed by atoms with van der Waals surface area (Å²) in [4.78, 5) is 16.1. The summed E-state index contributed by atoms with van der Waals surface area (Å²) in [5.41, 5.74) is 5.06. The topological polar surface area (TPSA) is 71.9 Å². The second-order valence-electron chi connectivity index (χ2n) is 7.57. The average Bonchev–Trinajstić information content (AvgIpc) is 3.31. The van der Waals surface area contributed by atoms with Crippen LogP contribution in [-0.4, -0.2) is 33.8 Å². The largest absolute Gasteiger partial charge is 0.376 e. The minimum absolute atomic E-state index is 0.0915. The number of benzene rings is 1. The lowest BCUT2D eigenvalue weighted by atomic mass is 10.1. The van der Waals surface area contributed by atoms with Gasteiger partial charge in [-0.15, -0.1) is 0 Å². The lowest BCUT2D eigenvalue weighted by molar-refractivity contribution is 0.0925. The molecule has 6 heteroatoms. The van der Waals surface area contributed by atoms with Crippen molar-refractivity contribution in [3.8, 4) is 0 Å². The van der Waals surface area contributed by atoms with Crippen LogP contribution in [0.15, 0.2) is 30.5 Å². The fourth-order valence-corrected chi connectivity index (χ4v) is 3.92. The predicted octanol–water partition coefficient (Wildman–Crippen LogP) is 2.82. The number of nitrogens with one attached hydrogen (secondary N) is 2. The molecule has 1 saturated carbocycles. The number of hydrogen-bond donors (Lipinski definition) is 2. The molecule has 0 radical (unpaired) electrons. The van der Waals surface area contributed by atoms with Crippen molar-refractivity contribution in [2.24, 2.45) is 5.92 Å². The molecule has 1 aromatic carbocycles. The van der Waals surface area contributed by atoms with Gasteiger partial charge in [-0.25, -0.2) is 0 Å². The van der Waals surface area contributed by atoms with Crippen molar-refractivity contribution >= 4 is 16.8 Å². The van der Waals surface area contributed by atoms with E-state index in [2.05, 4.69) is 32.2 Å². The Kier molecular flexibility index (Phi) is 4.20. The van der Waals surface area contributed by atoms with Gasteiger partial charge in [-0.05, 0) is 36.8 Å². The van der Waals surface area contributed by atoms with Crippen molar-refractivity contribution in [2.45, 2.75) is 38.8 Å². The highest BCUT2D eigenvalue weighted by atomic mass is 16.5. The van der Waals surface area contributed by atoms with Crippen molar-refractivity contribution < 1.29 is 9.53 Å². The quantitative estimate of drug-likeness (QED) is 0.706. The van der Waals surface area contributed by atoms with Crippen LogP contribution in [0.25, 0.3) is 10.9 Å². The van der Waals surface area contributed by atoms with Gasteiger partial charge in [-0.2, -0.15) is 5.10 Å². The lowest BCUT2D eigenvalue weighted by Crippen LogP contribution is -2.27.